The number of rotatable bonds is 3. The second kappa shape index (κ2) is 6.65. The first-order valence-corrected chi connectivity index (χ1v) is 7.23. The van der Waals surface area contributed by atoms with Gasteiger partial charge in [-0.25, -0.2) is 4.39 Å². The average Bonchev–Trinajstić information content (AvgIpc) is 2.41. The molecule has 0 fully saturated rings. The third-order valence-electron chi connectivity index (χ3n) is 2.98. The predicted octanol–water partition coefficient (Wildman–Crippen LogP) is 5.28. The van der Waals surface area contributed by atoms with Crippen LogP contribution >= 0.6 is 34.8 Å². The Morgan fingerprint density at radius 2 is 1.81 bits per heavy atom. The van der Waals surface area contributed by atoms with Crippen molar-refractivity contribution in [2.45, 2.75) is 13.0 Å². The van der Waals surface area contributed by atoms with Crippen LogP contribution < -0.4 is 5.32 Å². The van der Waals surface area contributed by atoms with Gasteiger partial charge in [-0.3, -0.25) is 4.79 Å². The van der Waals surface area contributed by atoms with Crippen molar-refractivity contribution in [3.8, 4) is 0 Å². The second-order valence-corrected chi connectivity index (χ2v) is 5.69. The van der Waals surface area contributed by atoms with Gasteiger partial charge >= 0.3 is 0 Å². The van der Waals surface area contributed by atoms with Gasteiger partial charge < -0.3 is 5.32 Å². The maximum atomic E-state index is 13.7. The number of hydrogen-bond acceptors (Lipinski definition) is 1. The van der Waals surface area contributed by atoms with E-state index in [2.05, 4.69) is 5.32 Å². The summed E-state index contributed by atoms with van der Waals surface area (Å²) < 4.78 is 13.7. The van der Waals surface area contributed by atoms with E-state index >= 15 is 0 Å². The van der Waals surface area contributed by atoms with Crippen molar-refractivity contribution in [2.75, 3.05) is 0 Å². The van der Waals surface area contributed by atoms with Gasteiger partial charge in [0.2, 0.25) is 0 Å². The Morgan fingerprint density at radius 1 is 1.10 bits per heavy atom. The van der Waals surface area contributed by atoms with Gasteiger partial charge in [-0.1, -0.05) is 46.9 Å². The Morgan fingerprint density at radius 3 is 2.43 bits per heavy atom. The van der Waals surface area contributed by atoms with Crippen LogP contribution in [0.3, 0.4) is 0 Å². The quantitative estimate of drug-likeness (QED) is 0.805. The van der Waals surface area contributed by atoms with Gasteiger partial charge in [0, 0.05) is 0 Å². The summed E-state index contributed by atoms with van der Waals surface area (Å²) in [7, 11) is 0. The van der Waals surface area contributed by atoms with E-state index in [9.17, 15) is 9.18 Å². The van der Waals surface area contributed by atoms with Crippen molar-refractivity contribution >= 4 is 40.7 Å². The van der Waals surface area contributed by atoms with Crippen molar-refractivity contribution in [1.82, 2.24) is 5.32 Å². The van der Waals surface area contributed by atoms with E-state index in [1.54, 1.807) is 25.1 Å². The molecule has 0 bridgehead atoms. The molecule has 0 aliphatic heterocycles. The lowest BCUT2D eigenvalue weighted by atomic mass is 10.1. The van der Waals surface area contributed by atoms with Gasteiger partial charge in [-0.05, 0) is 36.8 Å². The van der Waals surface area contributed by atoms with Crippen molar-refractivity contribution in [1.29, 1.82) is 0 Å². The Kier molecular flexibility index (Phi) is 5.09. The zero-order valence-corrected chi connectivity index (χ0v) is 13.2. The van der Waals surface area contributed by atoms with Gasteiger partial charge in [0.05, 0.1) is 26.7 Å². The van der Waals surface area contributed by atoms with Crippen LogP contribution in [0.1, 0.15) is 28.9 Å². The molecule has 1 atom stereocenters. The van der Waals surface area contributed by atoms with Crippen LogP contribution in [-0.4, -0.2) is 5.91 Å². The highest BCUT2D eigenvalue weighted by Crippen LogP contribution is 2.26. The van der Waals surface area contributed by atoms with Crippen LogP contribution in [0.15, 0.2) is 36.4 Å². The summed E-state index contributed by atoms with van der Waals surface area (Å²) in [5.41, 5.74) is 0.580. The molecule has 1 N–H and O–H groups in total. The molecule has 1 amide bonds. The van der Waals surface area contributed by atoms with Crippen LogP contribution in [-0.2, 0) is 0 Å². The molecule has 0 saturated heterocycles. The molecule has 0 spiro atoms. The number of carbonyl (C=O) groups is 1. The number of hydrogen-bond donors (Lipinski definition) is 1. The first-order valence-electron chi connectivity index (χ1n) is 6.10. The van der Waals surface area contributed by atoms with Crippen molar-refractivity contribution in [2.24, 2.45) is 0 Å². The second-order valence-electron chi connectivity index (χ2n) is 4.47. The summed E-state index contributed by atoms with van der Waals surface area (Å²) in [6, 6.07) is 8.74. The molecule has 0 aromatic heterocycles. The zero-order valence-electron chi connectivity index (χ0n) is 11.0. The van der Waals surface area contributed by atoms with E-state index in [0.717, 1.165) is 5.56 Å². The summed E-state index contributed by atoms with van der Waals surface area (Å²) in [6.07, 6.45) is 0. The highest BCUT2D eigenvalue weighted by atomic mass is 35.5. The Balaban J connectivity index is 2.21. The van der Waals surface area contributed by atoms with Gasteiger partial charge in [-0.2, -0.15) is 0 Å². The van der Waals surface area contributed by atoms with E-state index in [0.29, 0.717) is 10.0 Å². The molecule has 21 heavy (non-hydrogen) atoms. The summed E-state index contributed by atoms with van der Waals surface area (Å²) >= 11 is 17.6. The standard InChI is InChI=1S/C15H11Cl3FNO/c1-8(9-5-6-10(16)12(18)7-9)20-15(21)14-11(17)3-2-4-13(14)19/h2-8H,1H3,(H,20,21). The molecule has 0 heterocycles. The van der Waals surface area contributed by atoms with Crippen LogP contribution in [0, 0.1) is 5.82 Å². The minimum Gasteiger partial charge on any atom is -0.345 e. The van der Waals surface area contributed by atoms with Crippen molar-refractivity contribution in [3.63, 3.8) is 0 Å². The summed E-state index contributed by atoms with van der Waals surface area (Å²) in [4.78, 5) is 12.1. The summed E-state index contributed by atoms with van der Waals surface area (Å²) in [5, 5.41) is 3.55. The third kappa shape index (κ3) is 3.67. The topological polar surface area (TPSA) is 29.1 Å². The molecule has 2 rings (SSSR count). The van der Waals surface area contributed by atoms with Crippen molar-refractivity contribution < 1.29 is 9.18 Å². The van der Waals surface area contributed by atoms with Crippen LogP contribution in [0.4, 0.5) is 4.39 Å². The Labute approximate surface area is 136 Å². The zero-order chi connectivity index (χ0) is 15.6. The fraction of sp³-hybridized carbons (Fsp3) is 0.133. The molecule has 0 aliphatic carbocycles. The van der Waals surface area contributed by atoms with E-state index in [4.69, 9.17) is 34.8 Å². The Bertz CT molecular complexity index is 670. The molecule has 110 valence electrons. The number of amides is 1. The molecular formula is C15H11Cl3FNO. The van der Waals surface area contributed by atoms with E-state index < -0.39 is 11.7 Å². The number of nitrogens with one attached hydrogen (secondary N) is 1. The lowest BCUT2D eigenvalue weighted by molar-refractivity contribution is 0.0936. The monoisotopic (exact) mass is 345 g/mol. The van der Waals surface area contributed by atoms with Gasteiger partial charge in [0.1, 0.15) is 5.82 Å². The number of halogens is 4. The largest absolute Gasteiger partial charge is 0.345 e. The minimum atomic E-state index is -0.665. The maximum Gasteiger partial charge on any atom is 0.256 e. The minimum absolute atomic E-state index is 0.0637. The highest BCUT2D eigenvalue weighted by Gasteiger charge is 2.18. The predicted molar refractivity (Wildman–Crippen MR) is 83.8 cm³/mol. The fourth-order valence-corrected chi connectivity index (χ4v) is 2.40. The Hall–Kier alpha value is -1.29. The first kappa shape index (κ1) is 16.1. The summed E-state index contributed by atoms with van der Waals surface area (Å²) in [5.74, 6) is -1.25. The molecule has 0 saturated carbocycles. The fourth-order valence-electron chi connectivity index (χ4n) is 1.85. The molecule has 2 aromatic carbocycles. The van der Waals surface area contributed by atoms with Crippen LogP contribution in [0.25, 0.3) is 0 Å². The molecular weight excluding hydrogens is 336 g/mol. The molecule has 2 aromatic rings. The lowest BCUT2D eigenvalue weighted by Gasteiger charge is -2.16. The van der Waals surface area contributed by atoms with E-state index in [1.807, 2.05) is 0 Å². The SMILES string of the molecule is CC(NC(=O)c1c(F)cccc1Cl)c1ccc(Cl)c(Cl)c1. The third-order valence-corrected chi connectivity index (χ3v) is 4.04. The van der Waals surface area contributed by atoms with Crippen LogP contribution in [0.5, 0.6) is 0 Å². The van der Waals surface area contributed by atoms with E-state index in [1.165, 1.54) is 18.2 Å². The first-order chi connectivity index (χ1) is 9.90. The number of carbonyl (C=O) groups excluding carboxylic acids is 1. The maximum absolute atomic E-state index is 13.7. The lowest BCUT2D eigenvalue weighted by Crippen LogP contribution is -2.27. The number of benzene rings is 2. The van der Waals surface area contributed by atoms with Gasteiger partial charge in [0.15, 0.2) is 0 Å². The average molecular weight is 347 g/mol. The molecule has 0 aliphatic rings. The highest BCUT2D eigenvalue weighted by molar-refractivity contribution is 6.42. The molecule has 6 heteroatoms. The van der Waals surface area contributed by atoms with Crippen LogP contribution in [0.2, 0.25) is 15.1 Å². The van der Waals surface area contributed by atoms with E-state index in [-0.39, 0.29) is 16.6 Å². The van der Waals surface area contributed by atoms with Gasteiger partial charge in [0.25, 0.3) is 5.91 Å². The molecule has 0 radical (unpaired) electrons. The molecule has 1 unspecified atom stereocenters. The normalized spacial score (nSPS) is 12.0. The summed E-state index contributed by atoms with van der Waals surface area (Å²) in [6.45, 7) is 1.76. The van der Waals surface area contributed by atoms with Gasteiger partial charge in [-0.15, -0.1) is 0 Å². The van der Waals surface area contributed by atoms with Crippen molar-refractivity contribution in [3.05, 3.63) is 68.4 Å². The molecule has 2 nitrogen and oxygen atoms in total. The smallest absolute Gasteiger partial charge is 0.256 e.